The number of fused-ring (bicyclic) bond motifs is 1. The van der Waals surface area contributed by atoms with E-state index in [1.165, 1.54) is 4.57 Å². The number of nitrogens with one attached hydrogen (secondary N) is 1. The van der Waals surface area contributed by atoms with Gasteiger partial charge in [0.15, 0.2) is 0 Å². The number of rotatable bonds is 6. The maximum atomic E-state index is 11.4. The van der Waals surface area contributed by atoms with Crippen molar-refractivity contribution in [3.63, 3.8) is 0 Å². The number of carboxylic acids is 1. The molecule has 25 heavy (non-hydrogen) atoms. The molecule has 0 bridgehead atoms. The van der Waals surface area contributed by atoms with Crippen LogP contribution in [0.25, 0.3) is 11.0 Å². The lowest BCUT2D eigenvalue weighted by atomic mass is 10.2. The molecule has 0 saturated heterocycles. The molecule has 2 heterocycles. The summed E-state index contributed by atoms with van der Waals surface area (Å²) in [6, 6.07) is 6.58. The average molecular weight is 342 g/mol. The molecule has 4 N–H and O–H groups in total. The Morgan fingerprint density at radius 1 is 1.32 bits per heavy atom. The Balaban J connectivity index is 2.11. The number of hydrogen-bond acceptors (Lipinski definition) is 5. The third kappa shape index (κ3) is 3.16. The fraction of sp³-hybridized carbons (Fsp3) is 0.250. The van der Waals surface area contributed by atoms with Gasteiger partial charge in [-0.25, -0.2) is 9.67 Å². The van der Waals surface area contributed by atoms with Crippen LogP contribution in [-0.4, -0.2) is 36.3 Å². The van der Waals surface area contributed by atoms with Crippen molar-refractivity contribution in [2.75, 3.05) is 5.32 Å². The van der Waals surface area contributed by atoms with Gasteiger partial charge in [0, 0.05) is 18.2 Å². The number of nitrogens with two attached hydrogens (primary N) is 1. The highest BCUT2D eigenvalue weighted by Gasteiger charge is 2.16. The van der Waals surface area contributed by atoms with E-state index in [1.54, 1.807) is 22.9 Å². The van der Waals surface area contributed by atoms with Crippen LogP contribution in [0.15, 0.2) is 24.3 Å². The SMILES string of the molecule is CCn1nc(C)cc1Nc1nc2cc(C(N)=O)ccc2n1CC(=O)O. The lowest BCUT2D eigenvalue weighted by Crippen LogP contribution is -2.13. The maximum Gasteiger partial charge on any atom is 0.323 e. The standard InChI is InChI=1S/C16H18N6O3/c1-3-22-13(6-9(2)20-22)19-16-18-11-7-10(15(17)25)4-5-12(11)21(16)8-14(23)24/h4-7H,3,8H2,1-2H3,(H2,17,25)(H,18,19)(H,23,24). The average Bonchev–Trinajstić information content (AvgIpc) is 3.07. The number of hydrogen-bond donors (Lipinski definition) is 3. The second-order valence-corrected chi connectivity index (χ2v) is 5.59. The molecular weight excluding hydrogens is 324 g/mol. The van der Waals surface area contributed by atoms with Crippen LogP contribution < -0.4 is 11.1 Å². The summed E-state index contributed by atoms with van der Waals surface area (Å²) in [5.41, 5.74) is 7.52. The number of imidazole rings is 1. The van der Waals surface area contributed by atoms with E-state index >= 15 is 0 Å². The molecule has 0 radical (unpaired) electrons. The molecular formula is C16H18N6O3. The molecule has 9 heteroatoms. The highest BCUT2D eigenvalue weighted by Crippen LogP contribution is 2.24. The molecule has 0 unspecified atom stereocenters. The Kier molecular flexibility index (Phi) is 4.14. The Bertz CT molecular complexity index is 972. The van der Waals surface area contributed by atoms with Gasteiger partial charge >= 0.3 is 5.97 Å². The fourth-order valence-electron chi connectivity index (χ4n) is 2.68. The van der Waals surface area contributed by atoms with E-state index in [1.807, 2.05) is 19.9 Å². The number of carboxylic acid groups (broad SMARTS) is 1. The van der Waals surface area contributed by atoms with Crippen molar-refractivity contribution in [1.82, 2.24) is 19.3 Å². The van der Waals surface area contributed by atoms with Gasteiger partial charge in [-0.2, -0.15) is 5.10 Å². The molecule has 0 fully saturated rings. The molecule has 2 aromatic heterocycles. The summed E-state index contributed by atoms with van der Waals surface area (Å²) >= 11 is 0. The number of carbonyl (C=O) groups is 2. The van der Waals surface area contributed by atoms with Gasteiger partial charge in [0.2, 0.25) is 11.9 Å². The summed E-state index contributed by atoms with van der Waals surface area (Å²) in [6.45, 7) is 4.21. The van der Waals surface area contributed by atoms with Gasteiger partial charge in [0.1, 0.15) is 12.4 Å². The van der Waals surface area contributed by atoms with Gasteiger partial charge in [-0.05, 0) is 32.0 Å². The van der Waals surface area contributed by atoms with Crippen molar-refractivity contribution in [1.29, 1.82) is 0 Å². The smallest absolute Gasteiger partial charge is 0.323 e. The molecule has 0 saturated carbocycles. The maximum absolute atomic E-state index is 11.4. The molecule has 1 aromatic carbocycles. The van der Waals surface area contributed by atoms with Gasteiger partial charge < -0.3 is 16.2 Å². The third-order valence-corrected chi connectivity index (χ3v) is 3.77. The highest BCUT2D eigenvalue weighted by molar-refractivity contribution is 5.96. The summed E-state index contributed by atoms with van der Waals surface area (Å²) in [5, 5.41) is 16.7. The van der Waals surface area contributed by atoms with Crippen LogP contribution in [0.4, 0.5) is 11.8 Å². The number of nitrogens with zero attached hydrogens (tertiary/aromatic N) is 4. The van der Waals surface area contributed by atoms with Gasteiger partial charge in [0.05, 0.1) is 16.7 Å². The second kappa shape index (κ2) is 6.27. The van der Waals surface area contributed by atoms with Crippen molar-refractivity contribution in [3.8, 4) is 0 Å². The van der Waals surface area contributed by atoms with Crippen LogP contribution in [0.1, 0.15) is 23.0 Å². The Hall–Kier alpha value is -3.36. The first-order chi connectivity index (χ1) is 11.9. The van der Waals surface area contributed by atoms with Crippen LogP contribution in [0.3, 0.4) is 0 Å². The Morgan fingerprint density at radius 2 is 2.08 bits per heavy atom. The van der Waals surface area contributed by atoms with E-state index in [4.69, 9.17) is 5.73 Å². The number of aliphatic carboxylic acids is 1. The molecule has 3 aromatic rings. The molecule has 0 aliphatic heterocycles. The fourth-order valence-corrected chi connectivity index (χ4v) is 2.68. The predicted molar refractivity (Wildman–Crippen MR) is 91.8 cm³/mol. The number of aromatic nitrogens is 4. The molecule has 0 aliphatic rings. The molecule has 3 rings (SSSR count). The predicted octanol–water partition coefficient (Wildman–Crippen LogP) is 1.49. The van der Waals surface area contributed by atoms with E-state index in [9.17, 15) is 14.7 Å². The van der Waals surface area contributed by atoms with Crippen molar-refractivity contribution in [2.45, 2.75) is 26.9 Å². The first kappa shape index (κ1) is 16.5. The van der Waals surface area contributed by atoms with Crippen LogP contribution in [0, 0.1) is 6.92 Å². The molecule has 9 nitrogen and oxygen atoms in total. The van der Waals surface area contributed by atoms with Gasteiger partial charge in [-0.3, -0.25) is 14.2 Å². The molecule has 0 aliphatic carbocycles. The normalized spacial score (nSPS) is 11.0. The van der Waals surface area contributed by atoms with Crippen LogP contribution in [0.5, 0.6) is 0 Å². The summed E-state index contributed by atoms with van der Waals surface area (Å²) < 4.78 is 3.29. The summed E-state index contributed by atoms with van der Waals surface area (Å²) in [5.74, 6) is -0.504. The lowest BCUT2D eigenvalue weighted by Gasteiger charge is -2.09. The Morgan fingerprint density at radius 3 is 2.72 bits per heavy atom. The third-order valence-electron chi connectivity index (χ3n) is 3.77. The van der Waals surface area contributed by atoms with Crippen molar-refractivity contribution in [2.24, 2.45) is 5.73 Å². The van der Waals surface area contributed by atoms with E-state index in [2.05, 4.69) is 15.4 Å². The van der Waals surface area contributed by atoms with Crippen molar-refractivity contribution >= 4 is 34.7 Å². The van der Waals surface area contributed by atoms with Gasteiger partial charge in [0.25, 0.3) is 0 Å². The lowest BCUT2D eigenvalue weighted by molar-refractivity contribution is -0.137. The summed E-state index contributed by atoms with van der Waals surface area (Å²) in [6.07, 6.45) is 0. The minimum atomic E-state index is -0.999. The zero-order chi connectivity index (χ0) is 18.1. The highest BCUT2D eigenvalue weighted by atomic mass is 16.4. The van der Waals surface area contributed by atoms with Gasteiger partial charge in [-0.1, -0.05) is 0 Å². The largest absolute Gasteiger partial charge is 0.480 e. The first-order valence-electron chi connectivity index (χ1n) is 7.72. The van der Waals surface area contributed by atoms with E-state index < -0.39 is 11.9 Å². The zero-order valence-corrected chi connectivity index (χ0v) is 13.9. The van der Waals surface area contributed by atoms with E-state index in [-0.39, 0.29) is 6.54 Å². The monoisotopic (exact) mass is 342 g/mol. The zero-order valence-electron chi connectivity index (χ0n) is 13.9. The van der Waals surface area contributed by atoms with E-state index in [0.29, 0.717) is 34.9 Å². The second-order valence-electron chi connectivity index (χ2n) is 5.59. The molecule has 0 atom stereocenters. The first-order valence-corrected chi connectivity index (χ1v) is 7.72. The summed E-state index contributed by atoms with van der Waals surface area (Å²) in [4.78, 5) is 27.0. The number of carbonyl (C=O) groups excluding carboxylic acids is 1. The minimum absolute atomic E-state index is 0.270. The van der Waals surface area contributed by atoms with E-state index in [0.717, 1.165) is 5.69 Å². The number of benzene rings is 1. The number of aryl methyl sites for hydroxylation is 2. The molecule has 0 spiro atoms. The number of anilines is 2. The van der Waals surface area contributed by atoms with Crippen molar-refractivity contribution in [3.05, 3.63) is 35.5 Å². The van der Waals surface area contributed by atoms with Crippen LogP contribution >= 0.6 is 0 Å². The number of amides is 1. The van der Waals surface area contributed by atoms with Crippen LogP contribution in [-0.2, 0) is 17.9 Å². The quantitative estimate of drug-likeness (QED) is 0.622. The van der Waals surface area contributed by atoms with Crippen molar-refractivity contribution < 1.29 is 14.7 Å². The topological polar surface area (TPSA) is 128 Å². The Labute approximate surface area is 143 Å². The summed E-state index contributed by atoms with van der Waals surface area (Å²) in [7, 11) is 0. The molecule has 130 valence electrons. The number of primary amides is 1. The van der Waals surface area contributed by atoms with Gasteiger partial charge in [-0.15, -0.1) is 0 Å². The van der Waals surface area contributed by atoms with Crippen LogP contribution in [0.2, 0.25) is 0 Å². The minimum Gasteiger partial charge on any atom is -0.480 e. The molecule has 1 amide bonds.